The molecule has 2 aromatic rings. The molecule has 1 amide bonds. The molecule has 0 aliphatic rings. The highest BCUT2D eigenvalue weighted by Crippen LogP contribution is 2.10. The number of amides is 1. The summed E-state index contributed by atoms with van der Waals surface area (Å²) in [6, 6.07) is 5.81. The van der Waals surface area contributed by atoms with E-state index < -0.39 is 11.7 Å². The quantitative estimate of drug-likeness (QED) is 0.836. The zero-order valence-electron chi connectivity index (χ0n) is 11.1. The lowest BCUT2D eigenvalue weighted by molar-refractivity contribution is 0.0941. The topological polar surface area (TPSA) is 75.4 Å². The number of carbonyl (C=O) groups excluding carboxylic acids is 1. The van der Waals surface area contributed by atoms with Gasteiger partial charge >= 0.3 is 0 Å². The average Bonchev–Trinajstić information content (AvgIpc) is 3.02. The third kappa shape index (κ3) is 4.16. The molecule has 21 heavy (non-hydrogen) atoms. The Morgan fingerprint density at radius 2 is 2.29 bits per heavy atom. The fraction of sp³-hybridized carbons (Fsp3) is 0.200. The van der Waals surface area contributed by atoms with E-state index in [4.69, 9.17) is 5.11 Å². The summed E-state index contributed by atoms with van der Waals surface area (Å²) < 4.78 is 18.2. The number of nitrogens with zero attached hydrogens (tertiary/aromatic N) is 1. The minimum absolute atomic E-state index is 0.0190. The lowest BCUT2D eigenvalue weighted by Crippen LogP contribution is -2.23. The van der Waals surface area contributed by atoms with Crippen LogP contribution in [0.4, 0.5) is 4.39 Å². The predicted molar refractivity (Wildman–Crippen MR) is 72.7 cm³/mol. The summed E-state index contributed by atoms with van der Waals surface area (Å²) in [4.78, 5) is 11.7. The number of halogens is 1. The van der Waals surface area contributed by atoms with Crippen LogP contribution in [-0.2, 0) is 6.54 Å². The molecule has 1 heterocycles. The molecule has 0 aliphatic heterocycles. The van der Waals surface area contributed by atoms with Crippen LogP contribution in [0.25, 0.3) is 0 Å². The molecule has 0 unspecified atom stereocenters. The van der Waals surface area contributed by atoms with E-state index in [9.17, 15) is 9.18 Å². The van der Waals surface area contributed by atoms with E-state index >= 15 is 0 Å². The van der Waals surface area contributed by atoms with Crippen molar-refractivity contribution in [1.29, 1.82) is 0 Å². The Bertz CT molecular complexity index is 672. The molecule has 0 saturated carbocycles. The first-order valence-electron chi connectivity index (χ1n) is 6.27. The maximum atomic E-state index is 13.7. The number of rotatable bonds is 4. The van der Waals surface area contributed by atoms with Crippen LogP contribution in [0.15, 0.2) is 35.1 Å². The maximum absolute atomic E-state index is 13.7. The molecule has 1 aromatic carbocycles. The monoisotopic (exact) mass is 288 g/mol. The van der Waals surface area contributed by atoms with Crippen molar-refractivity contribution in [3.05, 3.63) is 53.2 Å². The molecular formula is C15H13FN2O3. The fourth-order valence-electron chi connectivity index (χ4n) is 1.60. The molecule has 0 aliphatic carbocycles. The highest BCUT2D eigenvalue weighted by molar-refractivity contribution is 5.91. The van der Waals surface area contributed by atoms with Crippen LogP contribution in [0.5, 0.6) is 0 Å². The Labute approximate surface area is 120 Å². The van der Waals surface area contributed by atoms with Crippen molar-refractivity contribution in [2.24, 2.45) is 0 Å². The smallest absolute Gasteiger partial charge is 0.273 e. The highest BCUT2D eigenvalue weighted by atomic mass is 19.1. The van der Waals surface area contributed by atoms with Crippen molar-refractivity contribution < 1.29 is 18.8 Å². The third-order valence-electron chi connectivity index (χ3n) is 2.63. The minimum Gasteiger partial charge on any atom is -0.395 e. The summed E-state index contributed by atoms with van der Waals surface area (Å²) >= 11 is 0. The second-order valence-corrected chi connectivity index (χ2v) is 4.15. The Kier molecular flexibility index (Phi) is 5.07. The number of aromatic nitrogens is 1. The number of hydrogen-bond donors (Lipinski definition) is 2. The largest absolute Gasteiger partial charge is 0.395 e. The SMILES string of the molecule is O=C(NCc1cc(C#CCCO)ccc1F)c1ccon1. The average molecular weight is 288 g/mol. The molecule has 1 aromatic heterocycles. The second-order valence-electron chi connectivity index (χ2n) is 4.15. The molecule has 108 valence electrons. The van der Waals surface area contributed by atoms with Gasteiger partial charge in [-0.05, 0) is 18.2 Å². The third-order valence-corrected chi connectivity index (χ3v) is 2.63. The number of nitrogens with one attached hydrogen (secondary N) is 1. The molecule has 0 bridgehead atoms. The Balaban J connectivity index is 2.04. The summed E-state index contributed by atoms with van der Waals surface area (Å²) in [6.07, 6.45) is 1.64. The number of hydrogen-bond acceptors (Lipinski definition) is 4. The van der Waals surface area contributed by atoms with Gasteiger partial charge in [0.2, 0.25) is 0 Å². The van der Waals surface area contributed by atoms with Crippen molar-refractivity contribution in [2.75, 3.05) is 6.61 Å². The van der Waals surface area contributed by atoms with E-state index in [0.29, 0.717) is 17.5 Å². The van der Waals surface area contributed by atoms with E-state index in [-0.39, 0.29) is 18.8 Å². The molecular weight excluding hydrogens is 275 g/mol. The van der Waals surface area contributed by atoms with Crippen LogP contribution >= 0.6 is 0 Å². The van der Waals surface area contributed by atoms with Gasteiger partial charge in [0.25, 0.3) is 5.91 Å². The first kappa shape index (κ1) is 14.8. The van der Waals surface area contributed by atoms with Crippen molar-refractivity contribution in [3.8, 4) is 11.8 Å². The second kappa shape index (κ2) is 7.22. The number of benzene rings is 1. The van der Waals surface area contributed by atoms with Gasteiger partial charge in [0, 0.05) is 30.2 Å². The fourth-order valence-corrected chi connectivity index (χ4v) is 1.60. The molecule has 6 heteroatoms. The van der Waals surface area contributed by atoms with Crippen molar-refractivity contribution in [3.63, 3.8) is 0 Å². The van der Waals surface area contributed by atoms with Gasteiger partial charge in [-0.25, -0.2) is 4.39 Å². The standard InChI is InChI=1S/C15H13FN2O3/c16-13-5-4-11(3-1-2-7-19)9-12(13)10-17-15(20)14-6-8-21-18-14/h4-6,8-9,19H,2,7,10H2,(H,17,20). The first-order chi connectivity index (χ1) is 10.2. The van der Waals surface area contributed by atoms with Crippen molar-refractivity contribution >= 4 is 5.91 Å². The molecule has 0 atom stereocenters. The summed E-state index contributed by atoms with van der Waals surface area (Å²) in [5.74, 6) is 4.69. The molecule has 2 N–H and O–H groups in total. The first-order valence-corrected chi connectivity index (χ1v) is 6.27. The van der Waals surface area contributed by atoms with Crippen molar-refractivity contribution in [2.45, 2.75) is 13.0 Å². The zero-order valence-corrected chi connectivity index (χ0v) is 11.1. The van der Waals surface area contributed by atoms with Crippen LogP contribution < -0.4 is 5.32 Å². The van der Waals surface area contributed by atoms with Crippen LogP contribution in [0, 0.1) is 17.7 Å². The van der Waals surface area contributed by atoms with Crippen LogP contribution in [-0.4, -0.2) is 22.8 Å². The molecule has 5 nitrogen and oxygen atoms in total. The van der Waals surface area contributed by atoms with Gasteiger partial charge in [-0.15, -0.1) is 0 Å². The van der Waals surface area contributed by atoms with Gasteiger partial charge in [-0.1, -0.05) is 17.0 Å². The molecule has 0 fully saturated rings. The molecule has 2 rings (SSSR count). The summed E-state index contributed by atoms with van der Waals surface area (Å²) in [5, 5.41) is 14.7. The van der Waals surface area contributed by atoms with Gasteiger partial charge in [0.05, 0.1) is 6.61 Å². The Morgan fingerprint density at radius 1 is 1.43 bits per heavy atom. The van der Waals surface area contributed by atoms with Gasteiger partial charge in [-0.2, -0.15) is 0 Å². The van der Waals surface area contributed by atoms with Gasteiger partial charge in [0.15, 0.2) is 5.69 Å². The number of aliphatic hydroxyl groups is 1. The van der Waals surface area contributed by atoms with Crippen molar-refractivity contribution in [1.82, 2.24) is 10.5 Å². The number of carbonyl (C=O) groups is 1. The number of aliphatic hydroxyl groups excluding tert-OH is 1. The van der Waals surface area contributed by atoms with E-state index in [1.165, 1.54) is 18.4 Å². The summed E-state index contributed by atoms with van der Waals surface area (Å²) in [5.41, 5.74) is 1.08. The summed E-state index contributed by atoms with van der Waals surface area (Å²) in [6.45, 7) is 0.00184. The van der Waals surface area contributed by atoms with Gasteiger partial charge < -0.3 is 14.9 Å². The molecule has 0 saturated heterocycles. The van der Waals surface area contributed by atoms with Gasteiger partial charge in [0.1, 0.15) is 12.1 Å². The molecule has 0 spiro atoms. The normalized spacial score (nSPS) is 9.81. The van der Waals surface area contributed by atoms with E-state index in [0.717, 1.165) is 0 Å². The highest BCUT2D eigenvalue weighted by Gasteiger charge is 2.10. The molecule has 0 radical (unpaired) electrons. The predicted octanol–water partition coefficient (Wildman–Crippen LogP) is 1.48. The Morgan fingerprint density at radius 3 is 3.00 bits per heavy atom. The minimum atomic E-state index is -0.445. The van der Waals surface area contributed by atoms with Gasteiger partial charge in [-0.3, -0.25) is 4.79 Å². The van der Waals surface area contributed by atoms with E-state index in [2.05, 4.69) is 26.8 Å². The Hall–Kier alpha value is -2.65. The summed E-state index contributed by atoms with van der Waals surface area (Å²) in [7, 11) is 0. The lowest BCUT2D eigenvalue weighted by Gasteiger charge is -2.05. The lowest BCUT2D eigenvalue weighted by atomic mass is 10.1. The maximum Gasteiger partial charge on any atom is 0.273 e. The van der Waals surface area contributed by atoms with E-state index in [1.54, 1.807) is 12.1 Å². The van der Waals surface area contributed by atoms with Crippen LogP contribution in [0.3, 0.4) is 0 Å². The van der Waals surface area contributed by atoms with Crippen LogP contribution in [0.2, 0.25) is 0 Å². The van der Waals surface area contributed by atoms with E-state index in [1.807, 2.05) is 0 Å². The van der Waals surface area contributed by atoms with Crippen LogP contribution in [0.1, 0.15) is 28.0 Å². The zero-order chi connectivity index (χ0) is 15.1.